The molecule has 1 fully saturated rings. The van der Waals surface area contributed by atoms with E-state index in [1.165, 1.54) is 32.4 Å². The first-order valence-corrected chi connectivity index (χ1v) is 6.56. The summed E-state index contributed by atoms with van der Waals surface area (Å²) in [5.74, 6) is 0. The van der Waals surface area contributed by atoms with Gasteiger partial charge in [0.05, 0.1) is 0 Å². The lowest BCUT2D eigenvalue weighted by molar-refractivity contribution is 0.520. The molecule has 1 N–H and O–H groups in total. The van der Waals surface area contributed by atoms with Crippen LogP contribution >= 0.6 is 0 Å². The van der Waals surface area contributed by atoms with Gasteiger partial charge in [0.1, 0.15) is 0 Å². The van der Waals surface area contributed by atoms with E-state index in [0.29, 0.717) is 0 Å². The highest BCUT2D eigenvalue weighted by atomic mass is 14.9. The molecule has 0 bridgehead atoms. The summed E-state index contributed by atoms with van der Waals surface area (Å²) in [4.78, 5) is 3.78. The third kappa shape index (κ3) is 15.6. The van der Waals surface area contributed by atoms with E-state index in [1.807, 2.05) is 45.9 Å². The zero-order valence-electron chi connectivity index (χ0n) is 11.4. The molecule has 1 aromatic rings. The highest BCUT2D eigenvalue weighted by molar-refractivity contribution is 4.88. The topological polar surface area (TPSA) is 24.9 Å². The number of nitrogens with zero attached hydrogens (tertiary/aromatic N) is 1. The Morgan fingerprint density at radius 3 is 1.38 bits per heavy atom. The molecule has 1 aliphatic heterocycles. The maximum Gasteiger partial charge on any atom is 0.0267 e. The SMILES string of the molecule is C1CCNCC1.CC.CC.c1ccncc1. The molecule has 0 amide bonds. The van der Waals surface area contributed by atoms with Gasteiger partial charge in [0.25, 0.3) is 0 Å². The average Bonchev–Trinajstić information content (AvgIpc) is 2.48. The van der Waals surface area contributed by atoms with Gasteiger partial charge in [0.15, 0.2) is 0 Å². The van der Waals surface area contributed by atoms with E-state index in [0.717, 1.165) is 0 Å². The molecule has 0 aliphatic carbocycles. The zero-order chi connectivity index (χ0) is 12.5. The van der Waals surface area contributed by atoms with E-state index < -0.39 is 0 Å². The van der Waals surface area contributed by atoms with E-state index in [9.17, 15) is 0 Å². The molecule has 2 nitrogen and oxygen atoms in total. The summed E-state index contributed by atoms with van der Waals surface area (Å²) in [5, 5.41) is 3.28. The van der Waals surface area contributed by atoms with Crippen molar-refractivity contribution in [3.8, 4) is 0 Å². The van der Waals surface area contributed by atoms with Crippen LogP contribution < -0.4 is 5.32 Å². The van der Waals surface area contributed by atoms with Gasteiger partial charge in [-0.2, -0.15) is 0 Å². The van der Waals surface area contributed by atoms with Crippen LogP contribution in [0.4, 0.5) is 0 Å². The number of hydrogen-bond donors (Lipinski definition) is 1. The number of pyridine rings is 1. The molecule has 0 aromatic carbocycles. The van der Waals surface area contributed by atoms with Gasteiger partial charge in [-0.05, 0) is 38.1 Å². The second kappa shape index (κ2) is 19.6. The fourth-order valence-electron chi connectivity index (χ4n) is 1.11. The molecule has 1 aromatic heterocycles. The van der Waals surface area contributed by atoms with Gasteiger partial charge >= 0.3 is 0 Å². The molecule has 0 radical (unpaired) electrons. The number of hydrogen-bond acceptors (Lipinski definition) is 2. The van der Waals surface area contributed by atoms with E-state index in [2.05, 4.69) is 10.3 Å². The van der Waals surface area contributed by atoms with Crippen LogP contribution in [-0.4, -0.2) is 18.1 Å². The molecule has 0 spiro atoms. The Morgan fingerprint density at radius 1 is 0.750 bits per heavy atom. The summed E-state index contributed by atoms with van der Waals surface area (Å²) in [6.45, 7) is 10.5. The second-order valence-corrected chi connectivity index (χ2v) is 2.84. The fraction of sp³-hybridized carbons (Fsp3) is 0.643. The second-order valence-electron chi connectivity index (χ2n) is 2.84. The quantitative estimate of drug-likeness (QED) is 0.723. The van der Waals surface area contributed by atoms with Crippen LogP contribution in [0.2, 0.25) is 0 Å². The first kappa shape index (κ1) is 17.5. The molecule has 0 saturated carbocycles. The van der Waals surface area contributed by atoms with E-state index in [-0.39, 0.29) is 0 Å². The van der Waals surface area contributed by atoms with Crippen molar-refractivity contribution in [1.82, 2.24) is 10.3 Å². The van der Waals surface area contributed by atoms with Gasteiger partial charge in [-0.3, -0.25) is 4.98 Å². The zero-order valence-corrected chi connectivity index (χ0v) is 11.4. The predicted octanol–water partition coefficient (Wildman–Crippen LogP) is 3.89. The van der Waals surface area contributed by atoms with Gasteiger partial charge < -0.3 is 5.32 Å². The van der Waals surface area contributed by atoms with Crippen molar-refractivity contribution in [2.24, 2.45) is 0 Å². The molecule has 2 heterocycles. The molecular formula is C14H28N2. The van der Waals surface area contributed by atoms with Gasteiger partial charge in [-0.15, -0.1) is 0 Å². The van der Waals surface area contributed by atoms with Gasteiger partial charge in [0.2, 0.25) is 0 Å². The van der Waals surface area contributed by atoms with Crippen molar-refractivity contribution in [1.29, 1.82) is 0 Å². The normalized spacial score (nSPS) is 12.8. The molecular weight excluding hydrogens is 196 g/mol. The minimum absolute atomic E-state index is 1.25. The molecule has 2 heteroatoms. The summed E-state index contributed by atoms with van der Waals surface area (Å²) in [5.41, 5.74) is 0. The molecule has 1 aliphatic rings. The van der Waals surface area contributed by atoms with Crippen LogP contribution in [0.5, 0.6) is 0 Å². The summed E-state index contributed by atoms with van der Waals surface area (Å²) in [6.07, 6.45) is 7.72. The van der Waals surface area contributed by atoms with Crippen molar-refractivity contribution in [3.05, 3.63) is 30.6 Å². The van der Waals surface area contributed by atoms with Gasteiger partial charge in [-0.25, -0.2) is 0 Å². The van der Waals surface area contributed by atoms with E-state index in [1.54, 1.807) is 12.4 Å². The number of aromatic nitrogens is 1. The van der Waals surface area contributed by atoms with Crippen LogP contribution in [0.15, 0.2) is 30.6 Å². The lowest BCUT2D eigenvalue weighted by atomic mass is 10.2. The van der Waals surface area contributed by atoms with Crippen molar-refractivity contribution < 1.29 is 0 Å². The van der Waals surface area contributed by atoms with Crippen LogP contribution in [0.1, 0.15) is 47.0 Å². The monoisotopic (exact) mass is 224 g/mol. The molecule has 2 rings (SSSR count). The molecule has 0 atom stereocenters. The maximum atomic E-state index is 3.78. The lowest BCUT2D eigenvalue weighted by Crippen LogP contribution is -2.21. The smallest absolute Gasteiger partial charge is 0.0267 e. The van der Waals surface area contributed by atoms with Crippen LogP contribution in [0.3, 0.4) is 0 Å². The number of nitrogens with one attached hydrogen (secondary N) is 1. The minimum Gasteiger partial charge on any atom is -0.317 e. The van der Waals surface area contributed by atoms with Crippen LogP contribution in [0.25, 0.3) is 0 Å². The van der Waals surface area contributed by atoms with Crippen molar-refractivity contribution in [2.45, 2.75) is 47.0 Å². The lowest BCUT2D eigenvalue weighted by Gasteiger charge is -2.08. The Bertz CT molecular complexity index is 133. The molecule has 1 saturated heterocycles. The third-order valence-corrected chi connectivity index (χ3v) is 1.77. The average molecular weight is 224 g/mol. The summed E-state index contributed by atoms with van der Waals surface area (Å²) < 4.78 is 0. The Balaban J connectivity index is 0. The minimum atomic E-state index is 1.25. The maximum absolute atomic E-state index is 3.78. The number of piperidine rings is 1. The molecule has 94 valence electrons. The largest absolute Gasteiger partial charge is 0.317 e. The Morgan fingerprint density at radius 2 is 1.25 bits per heavy atom. The van der Waals surface area contributed by atoms with E-state index in [4.69, 9.17) is 0 Å². The predicted molar refractivity (Wildman–Crippen MR) is 73.7 cm³/mol. The fourth-order valence-corrected chi connectivity index (χ4v) is 1.11. The summed E-state index contributed by atoms with van der Waals surface area (Å²) in [7, 11) is 0. The standard InChI is InChI=1S/C5H11N.C5H5N.2C2H6/c2*1-2-4-6-5-3-1;2*1-2/h6H,1-5H2;1-5H;2*1-2H3. The van der Waals surface area contributed by atoms with Crippen molar-refractivity contribution in [3.63, 3.8) is 0 Å². The van der Waals surface area contributed by atoms with Crippen molar-refractivity contribution >= 4 is 0 Å². The molecule has 16 heavy (non-hydrogen) atoms. The summed E-state index contributed by atoms with van der Waals surface area (Å²) >= 11 is 0. The third-order valence-electron chi connectivity index (χ3n) is 1.77. The van der Waals surface area contributed by atoms with Crippen molar-refractivity contribution in [2.75, 3.05) is 13.1 Å². The highest BCUT2D eigenvalue weighted by Crippen LogP contribution is 1.96. The van der Waals surface area contributed by atoms with Crippen LogP contribution in [0, 0.1) is 0 Å². The first-order valence-electron chi connectivity index (χ1n) is 6.56. The molecule has 0 unspecified atom stereocenters. The number of rotatable bonds is 0. The Kier molecular flexibility index (Phi) is 21.5. The Labute approximate surface area is 101 Å². The van der Waals surface area contributed by atoms with Crippen LogP contribution in [-0.2, 0) is 0 Å². The first-order chi connectivity index (χ1) is 8.00. The van der Waals surface area contributed by atoms with Gasteiger partial charge in [0, 0.05) is 12.4 Å². The Hall–Kier alpha value is -0.890. The highest BCUT2D eigenvalue weighted by Gasteiger charge is 1.93. The van der Waals surface area contributed by atoms with E-state index >= 15 is 0 Å². The van der Waals surface area contributed by atoms with Gasteiger partial charge in [-0.1, -0.05) is 40.2 Å². The summed E-state index contributed by atoms with van der Waals surface area (Å²) in [6, 6.07) is 5.72.